The molecule has 0 aliphatic carbocycles. The fraction of sp³-hybridized carbons (Fsp3) is 0.933. The minimum Gasteiger partial charge on any atom is -0.363 e. The zero-order valence-corrected chi connectivity index (χ0v) is 12.6. The number of likely N-dealkylation sites (tertiary alicyclic amines) is 2. The number of nitrogens with one attached hydrogen (secondary N) is 1. The lowest BCUT2D eigenvalue weighted by molar-refractivity contribution is -0.147. The quantitative estimate of drug-likeness (QED) is 0.813. The SMILES string of the molecule is CC1(OCC(=O)N2CCC(N3CCCC3)CC2)CNC1. The van der Waals surface area contributed by atoms with Crippen LogP contribution in [0.1, 0.15) is 32.6 Å². The first-order chi connectivity index (χ1) is 9.66. The van der Waals surface area contributed by atoms with E-state index in [2.05, 4.69) is 17.1 Å². The van der Waals surface area contributed by atoms with Crippen LogP contribution in [0.2, 0.25) is 0 Å². The van der Waals surface area contributed by atoms with Gasteiger partial charge in [0.2, 0.25) is 5.91 Å². The molecule has 0 aromatic heterocycles. The van der Waals surface area contributed by atoms with Gasteiger partial charge in [-0.1, -0.05) is 0 Å². The Bertz CT molecular complexity index is 343. The number of carbonyl (C=O) groups is 1. The first kappa shape index (κ1) is 14.3. The second-order valence-electron chi connectivity index (χ2n) is 6.70. The Kier molecular flexibility index (Phi) is 4.29. The molecule has 5 heteroatoms. The van der Waals surface area contributed by atoms with E-state index in [4.69, 9.17) is 4.74 Å². The molecule has 0 bridgehead atoms. The van der Waals surface area contributed by atoms with Crippen molar-refractivity contribution in [2.24, 2.45) is 0 Å². The standard InChI is InChI=1S/C15H27N3O2/c1-15(11-16-12-15)20-10-14(19)18-8-4-13(5-9-18)17-6-2-3-7-17/h13,16H,2-12H2,1H3. The van der Waals surface area contributed by atoms with Gasteiger partial charge in [-0.15, -0.1) is 0 Å². The molecule has 3 fully saturated rings. The second kappa shape index (κ2) is 6.00. The fourth-order valence-electron chi connectivity index (χ4n) is 3.49. The molecule has 3 rings (SSSR count). The molecule has 3 aliphatic rings. The predicted octanol–water partition coefficient (Wildman–Crippen LogP) is 0.452. The van der Waals surface area contributed by atoms with Crippen LogP contribution in [0.5, 0.6) is 0 Å². The number of carbonyl (C=O) groups excluding carboxylic acids is 1. The van der Waals surface area contributed by atoms with Gasteiger partial charge in [0.25, 0.3) is 0 Å². The summed E-state index contributed by atoms with van der Waals surface area (Å²) in [5.41, 5.74) is -0.121. The Hall–Kier alpha value is -0.650. The summed E-state index contributed by atoms with van der Waals surface area (Å²) in [4.78, 5) is 16.8. The summed E-state index contributed by atoms with van der Waals surface area (Å²) in [7, 11) is 0. The van der Waals surface area contributed by atoms with E-state index in [1.807, 2.05) is 4.90 Å². The minimum absolute atomic E-state index is 0.121. The zero-order chi connectivity index (χ0) is 14.0. The van der Waals surface area contributed by atoms with Gasteiger partial charge >= 0.3 is 0 Å². The van der Waals surface area contributed by atoms with Gasteiger partial charge in [0.1, 0.15) is 6.61 Å². The number of amides is 1. The van der Waals surface area contributed by atoms with Crippen LogP contribution in [0.4, 0.5) is 0 Å². The van der Waals surface area contributed by atoms with Crippen LogP contribution in [0, 0.1) is 0 Å². The molecule has 0 unspecified atom stereocenters. The predicted molar refractivity (Wildman–Crippen MR) is 77.6 cm³/mol. The number of nitrogens with zero attached hydrogens (tertiary/aromatic N) is 2. The Balaban J connectivity index is 1.39. The zero-order valence-electron chi connectivity index (χ0n) is 12.6. The average molecular weight is 281 g/mol. The Morgan fingerprint density at radius 2 is 1.85 bits per heavy atom. The number of ether oxygens (including phenoxy) is 1. The maximum atomic E-state index is 12.2. The van der Waals surface area contributed by atoms with Gasteiger partial charge in [-0.05, 0) is 45.7 Å². The number of hydrogen-bond acceptors (Lipinski definition) is 4. The van der Waals surface area contributed by atoms with E-state index in [0.717, 1.165) is 39.0 Å². The third-order valence-corrected chi connectivity index (χ3v) is 5.02. The summed E-state index contributed by atoms with van der Waals surface area (Å²) >= 11 is 0. The summed E-state index contributed by atoms with van der Waals surface area (Å²) in [6, 6.07) is 0.704. The molecule has 1 amide bonds. The van der Waals surface area contributed by atoms with Gasteiger partial charge in [0, 0.05) is 32.2 Å². The van der Waals surface area contributed by atoms with Gasteiger partial charge in [-0.25, -0.2) is 0 Å². The Morgan fingerprint density at radius 3 is 2.40 bits per heavy atom. The molecule has 0 saturated carbocycles. The van der Waals surface area contributed by atoms with E-state index in [1.165, 1.54) is 25.9 Å². The summed E-state index contributed by atoms with van der Waals surface area (Å²) in [6.45, 7) is 8.34. The molecule has 0 radical (unpaired) electrons. The molecule has 3 heterocycles. The first-order valence-electron chi connectivity index (χ1n) is 8.03. The van der Waals surface area contributed by atoms with Gasteiger partial charge < -0.3 is 19.9 Å². The number of hydrogen-bond donors (Lipinski definition) is 1. The largest absolute Gasteiger partial charge is 0.363 e. The fourth-order valence-corrected chi connectivity index (χ4v) is 3.49. The van der Waals surface area contributed by atoms with Crippen molar-refractivity contribution in [1.82, 2.24) is 15.1 Å². The van der Waals surface area contributed by atoms with Crippen LogP contribution in [0.15, 0.2) is 0 Å². The topological polar surface area (TPSA) is 44.8 Å². The van der Waals surface area contributed by atoms with Gasteiger partial charge in [0.05, 0.1) is 5.60 Å². The highest BCUT2D eigenvalue weighted by Gasteiger charge is 2.34. The molecule has 0 aromatic rings. The van der Waals surface area contributed by atoms with Crippen LogP contribution < -0.4 is 5.32 Å². The van der Waals surface area contributed by atoms with E-state index < -0.39 is 0 Å². The molecular weight excluding hydrogens is 254 g/mol. The van der Waals surface area contributed by atoms with Crippen molar-refractivity contribution >= 4 is 5.91 Å². The van der Waals surface area contributed by atoms with Crippen LogP contribution in [-0.2, 0) is 9.53 Å². The summed E-state index contributed by atoms with van der Waals surface area (Å²) in [5.74, 6) is 0.165. The highest BCUT2D eigenvalue weighted by molar-refractivity contribution is 5.77. The molecule has 3 saturated heterocycles. The van der Waals surface area contributed by atoms with Crippen molar-refractivity contribution in [2.45, 2.75) is 44.2 Å². The molecule has 0 spiro atoms. The maximum Gasteiger partial charge on any atom is 0.248 e. The third kappa shape index (κ3) is 3.15. The van der Waals surface area contributed by atoms with Gasteiger partial charge in [-0.2, -0.15) is 0 Å². The molecule has 0 aromatic carbocycles. The van der Waals surface area contributed by atoms with Gasteiger partial charge in [0.15, 0.2) is 0 Å². The van der Waals surface area contributed by atoms with Crippen molar-refractivity contribution in [1.29, 1.82) is 0 Å². The molecule has 0 atom stereocenters. The molecule has 114 valence electrons. The van der Waals surface area contributed by atoms with E-state index in [9.17, 15) is 4.79 Å². The highest BCUT2D eigenvalue weighted by Crippen LogP contribution is 2.21. The van der Waals surface area contributed by atoms with Crippen LogP contribution in [0.3, 0.4) is 0 Å². The molecule has 1 N–H and O–H groups in total. The van der Waals surface area contributed by atoms with E-state index in [1.54, 1.807) is 0 Å². The van der Waals surface area contributed by atoms with E-state index in [0.29, 0.717) is 6.04 Å². The number of rotatable bonds is 4. The number of piperidine rings is 1. The highest BCUT2D eigenvalue weighted by atomic mass is 16.5. The summed E-state index contributed by atoms with van der Waals surface area (Å²) in [6.07, 6.45) is 4.95. The molecule has 3 aliphatic heterocycles. The van der Waals surface area contributed by atoms with Crippen molar-refractivity contribution in [3.8, 4) is 0 Å². The van der Waals surface area contributed by atoms with Crippen molar-refractivity contribution in [3.05, 3.63) is 0 Å². The minimum atomic E-state index is -0.121. The van der Waals surface area contributed by atoms with Crippen molar-refractivity contribution in [2.75, 3.05) is 45.9 Å². The van der Waals surface area contributed by atoms with Crippen LogP contribution in [-0.4, -0.2) is 73.2 Å². The summed E-state index contributed by atoms with van der Waals surface area (Å²) in [5, 5.41) is 3.19. The first-order valence-corrected chi connectivity index (χ1v) is 8.03. The second-order valence-corrected chi connectivity index (χ2v) is 6.70. The van der Waals surface area contributed by atoms with Gasteiger partial charge in [-0.3, -0.25) is 4.79 Å². The lowest BCUT2D eigenvalue weighted by atomic mass is 10.0. The average Bonchev–Trinajstić information content (AvgIpc) is 2.97. The monoisotopic (exact) mass is 281 g/mol. The van der Waals surface area contributed by atoms with E-state index in [-0.39, 0.29) is 18.1 Å². The maximum absolute atomic E-state index is 12.2. The molecule has 20 heavy (non-hydrogen) atoms. The third-order valence-electron chi connectivity index (χ3n) is 5.02. The molecule has 5 nitrogen and oxygen atoms in total. The van der Waals surface area contributed by atoms with E-state index >= 15 is 0 Å². The lowest BCUT2D eigenvalue weighted by Gasteiger charge is -2.40. The van der Waals surface area contributed by atoms with Crippen LogP contribution in [0.25, 0.3) is 0 Å². The smallest absolute Gasteiger partial charge is 0.248 e. The lowest BCUT2D eigenvalue weighted by Crippen LogP contribution is -2.60. The normalized spacial score (nSPS) is 27.6. The summed E-state index contributed by atoms with van der Waals surface area (Å²) < 4.78 is 5.74. The molecular formula is C15H27N3O2. The van der Waals surface area contributed by atoms with Crippen LogP contribution >= 0.6 is 0 Å². The van der Waals surface area contributed by atoms with Crippen molar-refractivity contribution in [3.63, 3.8) is 0 Å². The van der Waals surface area contributed by atoms with Crippen molar-refractivity contribution < 1.29 is 9.53 Å². The Morgan fingerprint density at radius 1 is 1.20 bits per heavy atom. The Labute approximate surface area is 121 Å².